The lowest BCUT2D eigenvalue weighted by atomic mass is 9.95. The first-order valence-electron chi connectivity index (χ1n) is 10.3. The zero-order valence-corrected chi connectivity index (χ0v) is 18.7. The van der Waals surface area contributed by atoms with Crippen molar-refractivity contribution in [1.29, 1.82) is 0 Å². The highest BCUT2D eigenvalue weighted by atomic mass is 16.5. The normalized spacial score (nSPS) is 12.0. The Bertz CT molecular complexity index is 937. The molecule has 0 bridgehead atoms. The fourth-order valence-electron chi connectivity index (χ4n) is 3.38. The van der Waals surface area contributed by atoms with Gasteiger partial charge in [-0.05, 0) is 70.9 Å². The molecule has 0 fully saturated rings. The van der Waals surface area contributed by atoms with Gasteiger partial charge in [-0.1, -0.05) is 54.6 Å². The molecular weight excluding hydrogens is 372 g/mol. The third kappa shape index (κ3) is 4.50. The Kier molecular flexibility index (Phi) is 5.93. The minimum absolute atomic E-state index is 0.426. The summed E-state index contributed by atoms with van der Waals surface area (Å²) in [5.41, 5.74) is 4.57. The number of benzene rings is 3. The van der Waals surface area contributed by atoms with Crippen LogP contribution in [0.4, 0.5) is 11.4 Å². The molecule has 0 atom stereocenters. The third-order valence-electron chi connectivity index (χ3n) is 5.02. The zero-order chi connectivity index (χ0) is 22.1. The van der Waals surface area contributed by atoms with Crippen molar-refractivity contribution in [2.75, 3.05) is 10.1 Å². The molecule has 158 valence electrons. The minimum Gasteiger partial charge on any atom is -0.288 e. The summed E-state index contributed by atoms with van der Waals surface area (Å²) in [6.45, 7) is 11.8. The highest BCUT2D eigenvalue weighted by Crippen LogP contribution is 2.38. The van der Waals surface area contributed by atoms with E-state index in [4.69, 9.17) is 0 Å². The third-order valence-corrected chi connectivity index (χ3v) is 5.02. The molecule has 0 aromatic heterocycles. The molecule has 0 aliphatic heterocycles. The van der Waals surface area contributed by atoms with Gasteiger partial charge < -0.3 is 0 Å². The van der Waals surface area contributed by atoms with Crippen LogP contribution in [-0.4, -0.2) is 21.5 Å². The second-order valence-corrected chi connectivity index (χ2v) is 9.58. The second-order valence-electron chi connectivity index (χ2n) is 9.58. The smallest absolute Gasteiger partial charge is 0.0718 e. The van der Waals surface area contributed by atoms with Crippen LogP contribution in [0.2, 0.25) is 0 Å². The summed E-state index contributed by atoms with van der Waals surface area (Å²) >= 11 is 0. The fourth-order valence-corrected chi connectivity index (χ4v) is 3.38. The summed E-state index contributed by atoms with van der Waals surface area (Å²) in [5, 5.41) is 24.2. The van der Waals surface area contributed by atoms with E-state index in [-0.39, 0.29) is 0 Å². The highest BCUT2D eigenvalue weighted by Gasteiger charge is 2.24. The molecule has 0 unspecified atom stereocenters. The zero-order valence-electron chi connectivity index (χ0n) is 18.7. The van der Waals surface area contributed by atoms with Crippen LogP contribution in [0.15, 0.2) is 72.8 Å². The molecule has 4 nitrogen and oxygen atoms in total. The Hall–Kier alpha value is -2.82. The maximum Gasteiger partial charge on any atom is 0.0718 e. The maximum absolute atomic E-state index is 10.8. The lowest BCUT2D eigenvalue weighted by Gasteiger charge is -2.33. The first kappa shape index (κ1) is 21.9. The first-order chi connectivity index (χ1) is 14.0. The van der Waals surface area contributed by atoms with Crippen LogP contribution in [-0.2, 0) is 0 Å². The molecule has 0 saturated heterocycles. The SMILES string of the molecule is CC(C)(C)N(O)c1ccccc1-c1cccc(-c2ccccc2N(O)C(C)(C)C)c1. The number of hydrogen-bond acceptors (Lipinski definition) is 4. The summed E-state index contributed by atoms with van der Waals surface area (Å²) < 4.78 is 0. The fraction of sp³-hybridized carbons (Fsp3) is 0.308. The summed E-state index contributed by atoms with van der Waals surface area (Å²) in [4.78, 5) is 0. The number of anilines is 2. The number of hydrogen-bond donors (Lipinski definition) is 2. The van der Waals surface area contributed by atoms with Gasteiger partial charge in [0.2, 0.25) is 0 Å². The van der Waals surface area contributed by atoms with Gasteiger partial charge in [0.25, 0.3) is 0 Å². The van der Waals surface area contributed by atoms with E-state index in [0.29, 0.717) is 0 Å². The van der Waals surface area contributed by atoms with Crippen molar-refractivity contribution in [3.63, 3.8) is 0 Å². The molecule has 0 amide bonds. The summed E-state index contributed by atoms with van der Waals surface area (Å²) in [7, 11) is 0. The van der Waals surface area contributed by atoms with Gasteiger partial charge in [-0.3, -0.25) is 20.5 Å². The standard InChI is InChI=1S/C26H32N2O2/c1-25(2,3)27(29)23-16-9-7-14-21(23)19-12-11-13-20(18-19)22-15-8-10-17-24(22)28(30)26(4,5)6/h7-18,29-30H,1-6H3. The van der Waals surface area contributed by atoms with Crippen LogP contribution in [0.1, 0.15) is 41.5 Å². The molecular formula is C26H32N2O2. The van der Waals surface area contributed by atoms with Gasteiger partial charge in [-0.2, -0.15) is 0 Å². The number of para-hydroxylation sites is 2. The molecule has 30 heavy (non-hydrogen) atoms. The molecule has 0 radical (unpaired) electrons. The monoisotopic (exact) mass is 404 g/mol. The maximum atomic E-state index is 10.8. The van der Waals surface area contributed by atoms with Crippen molar-refractivity contribution < 1.29 is 10.4 Å². The Morgan fingerprint density at radius 1 is 0.533 bits per heavy atom. The highest BCUT2D eigenvalue weighted by molar-refractivity contribution is 5.85. The van der Waals surface area contributed by atoms with Gasteiger partial charge in [-0.25, -0.2) is 0 Å². The molecule has 0 saturated carbocycles. The van der Waals surface area contributed by atoms with Crippen LogP contribution in [0, 0.1) is 0 Å². The van der Waals surface area contributed by atoms with Gasteiger partial charge in [-0.15, -0.1) is 0 Å². The summed E-state index contributed by atoms with van der Waals surface area (Å²) in [6, 6.07) is 23.9. The van der Waals surface area contributed by atoms with Crippen LogP contribution in [0.3, 0.4) is 0 Å². The molecule has 0 heterocycles. The van der Waals surface area contributed by atoms with E-state index in [2.05, 4.69) is 6.07 Å². The largest absolute Gasteiger partial charge is 0.288 e. The van der Waals surface area contributed by atoms with E-state index in [9.17, 15) is 10.4 Å². The number of hydroxylamine groups is 2. The van der Waals surface area contributed by atoms with E-state index in [1.165, 1.54) is 10.1 Å². The number of rotatable bonds is 4. The van der Waals surface area contributed by atoms with Gasteiger partial charge in [0, 0.05) is 11.1 Å². The molecule has 0 aliphatic rings. The van der Waals surface area contributed by atoms with E-state index < -0.39 is 11.1 Å². The molecule has 3 aromatic carbocycles. The van der Waals surface area contributed by atoms with Gasteiger partial charge in [0.1, 0.15) is 0 Å². The number of nitrogens with zero attached hydrogens (tertiary/aromatic N) is 2. The van der Waals surface area contributed by atoms with Crippen LogP contribution in [0.25, 0.3) is 22.3 Å². The molecule has 0 aliphatic carbocycles. The van der Waals surface area contributed by atoms with E-state index in [0.717, 1.165) is 33.6 Å². The summed E-state index contributed by atoms with van der Waals surface area (Å²) in [5.74, 6) is 0. The Labute approximate surface area is 179 Å². The minimum atomic E-state index is -0.426. The lowest BCUT2D eigenvalue weighted by Crippen LogP contribution is -2.39. The average molecular weight is 405 g/mol. The Morgan fingerprint density at radius 2 is 0.900 bits per heavy atom. The van der Waals surface area contributed by atoms with Crippen molar-refractivity contribution in [2.24, 2.45) is 0 Å². The van der Waals surface area contributed by atoms with Crippen molar-refractivity contribution in [2.45, 2.75) is 52.6 Å². The Morgan fingerprint density at radius 3 is 1.27 bits per heavy atom. The first-order valence-corrected chi connectivity index (χ1v) is 10.3. The molecule has 4 heteroatoms. The van der Waals surface area contributed by atoms with Gasteiger partial charge in [0.15, 0.2) is 0 Å². The molecule has 2 N–H and O–H groups in total. The lowest BCUT2D eigenvalue weighted by molar-refractivity contribution is 0.181. The predicted molar refractivity (Wildman–Crippen MR) is 125 cm³/mol. The van der Waals surface area contributed by atoms with Crippen molar-refractivity contribution in [3.8, 4) is 22.3 Å². The topological polar surface area (TPSA) is 46.9 Å². The quantitative estimate of drug-likeness (QED) is 0.459. The average Bonchev–Trinajstić information content (AvgIpc) is 2.71. The molecule has 3 aromatic rings. The molecule has 3 rings (SSSR count). The van der Waals surface area contributed by atoms with Crippen molar-refractivity contribution >= 4 is 11.4 Å². The van der Waals surface area contributed by atoms with Crippen molar-refractivity contribution in [3.05, 3.63) is 72.8 Å². The van der Waals surface area contributed by atoms with Crippen LogP contribution in [0.5, 0.6) is 0 Å². The van der Waals surface area contributed by atoms with E-state index in [1.807, 2.05) is 108 Å². The summed E-state index contributed by atoms with van der Waals surface area (Å²) in [6.07, 6.45) is 0. The van der Waals surface area contributed by atoms with Crippen molar-refractivity contribution in [1.82, 2.24) is 0 Å². The predicted octanol–water partition coefficient (Wildman–Crippen LogP) is 7.01. The van der Waals surface area contributed by atoms with Crippen LogP contribution >= 0.6 is 0 Å². The van der Waals surface area contributed by atoms with Gasteiger partial charge >= 0.3 is 0 Å². The molecule has 0 spiro atoms. The second kappa shape index (κ2) is 8.13. The van der Waals surface area contributed by atoms with E-state index in [1.54, 1.807) is 0 Å². The van der Waals surface area contributed by atoms with E-state index >= 15 is 0 Å². The Balaban J connectivity index is 2.11. The van der Waals surface area contributed by atoms with Crippen LogP contribution < -0.4 is 10.1 Å². The van der Waals surface area contributed by atoms with Gasteiger partial charge in [0.05, 0.1) is 22.5 Å².